The molecule has 1 N–H and O–H groups in total. The van der Waals surface area contributed by atoms with E-state index in [-0.39, 0.29) is 5.91 Å². The van der Waals surface area contributed by atoms with Crippen LogP contribution in [-0.2, 0) is 0 Å². The van der Waals surface area contributed by atoms with Gasteiger partial charge in [0.15, 0.2) is 5.13 Å². The van der Waals surface area contributed by atoms with Gasteiger partial charge in [0.1, 0.15) is 0 Å². The lowest BCUT2D eigenvalue weighted by atomic mass is 9.97. The highest BCUT2D eigenvalue weighted by Gasteiger charge is 2.22. The monoisotopic (exact) mass is 343 g/mol. The fourth-order valence-electron chi connectivity index (χ4n) is 3.64. The summed E-state index contributed by atoms with van der Waals surface area (Å²) in [6.07, 6.45) is 4.17. The van der Waals surface area contributed by atoms with E-state index in [0.29, 0.717) is 5.92 Å². The van der Waals surface area contributed by atoms with Crippen LogP contribution in [-0.4, -0.2) is 30.5 Å². The highest BCUT2D eigenvalue weighted by molar-refractivity contribution is 7.13. The molecule has 0 radical (unpaired) electrons. The number of hydrogen-bond acceptors (Lipinski definition) is 4. The van der Waals surface area contributed by atoms with Gasteiger partial charge in [0.25, 0.3) is 5.91 Å². The number of thiazole rings is 1. The summed E-state index contributed by atoms with van der Waals surface area (Å²) in [4.78, 5) is 19.4. The number of hydrogen-bond donors (Lipinski definition) is 1. The van der Waals surface area contributed by atoms with Gasteiger partial charge in [-0.3, -0.25) is 4.79 Å². The predicted octanol–water partition coefficient (Wildman–Crippen LogP) is 3.71. The number of carbonyl (C=O) groups is 1. The first-order valence-electron chi connectivity index (χ1n) is 8.55. The standard InChI is InChI=1S/C19H25N3OS/c1-13-9-14(2)17(15(3)10-13)18(23)21-11-16-5-4-7-22(12-16)19-20-6-8-24-19/h6,8-10,16H,4-5,7,11-12H2,1-3H3,(H,21,23). The van der Waals surface area contributed by atoms with E-state index >= 15 is 0 Å². The lowest BCUT2D eigenvalue weighted by Crippen LogP contribution is -2.41. The Balaban J connectivity index is 1.60. The second-order valence-electron chi connectivity index (χ2n) is 6.75. The molecule has 0 aliphatic carbocycles. The normalized spacial score (nSPS) is 17.8. The summed E-state index contributed by atoms with van der Waals surface area (Å²) in [5, 5.41) is 6.26. The van der Waals surface area contributed by atoms with E-state index in [2.05, 4.69) is 34.3 Å². The fourth-order valence-corrected chi connectivity index (χ4v) is 4.32. The third-order valence-electron chi connectivity index (χ3n) is 4.66. The van der Waals surface area contributed by atoms with Crippen LogP contribution in [0.25, 0.3) is 0 Å². The van der Waals surface area contributed by atoms with E-state index in [1.54, 1.807) is 11.3 Å². The Bertz CT molecular complexity index is 688. The van der Waals surface area contributed by atoms with E-state index in [0.717, 1.165) is 54.3 Å². The maximum absolute atomic E-state index is 12.6. The Hall–Kier alpha value is -1.88. The molecule has 128 valence electrons. The van der Waals surface area contributed by atoms with Crippen molar-refractivity contribution >= 4 is 22.4 Å². The zero-order valence-corrected chi connectivity index (χ0v) is 15.4. The summed E-state index contributed by atoms with van der Waals surface area (Å²) in [5.74, 6) is 0.536. The molecule has 2 heterocycles. The quantitative estimate of drug-likeness (QED) is 0.920. The molecule has 0 bridgehead atoms. The molecule has 1 aliphatic rings. The van der Waals surface area contributed by atoms with Crippen molar-refractivity contribution in [3.05, 3.63) is 46.0 Å². The van der Waals surface area contributed by atoms with Crippen molar-refractivity contribution in [2.24, 2.45) is 5.92 Å². The Kier molecular flexibility index (Phi) is 5.19. The zero-order valence-electron chi connectivity index (χ0n) is 14.6. The third kappa shape index (κ3) is 3.78. The highest BCUT2D eigenvalue weighted by atomic mass is 32.1. The van der Waals surface area contributed by atoms with Crippen molar-refractivity contribution < 1.29 is 4.79 Å². The minimum Gasteiger partial charge on any atom is -0.352 e. The number of rotatable bonds is 4. The summed E-state index contributed by atoms with van der Waals surface area (Å²) in [6, 6.07) is 4.15. The molecule has 4 nitrogen and oxygen atoms in total. The predicted molar refractivity (Wildman–Crippen MR) is 100 cm³/mol. The minimum atomic E-state index is 0.0522. The van der Waals surface area contributed by atoms with Crippen LogP contribution >= 0.6 is 11.3 Å². The molecular formula is C19H25N3OS. The number of anilines is 1. The van der Waals surface area contributed by atoms with Gasteiger partial charge < -0.3 is 10.2 Å². The average Bonchev–Trinajstić information content (AvgIpc) is 3.07. The van der Waals surface area contributed by atoms with Crippen molar-refractivity contribution in [3.63, 3.8) is 0 Å². The second kappa shape index (κ2) is 7.34. The van der Waals surface area contributed by atoms with Crippen molar-refractivity contribution in [2.75, 3.05) is 24.5 Å². The molecule has 1 aromatic carbocycles. The van der Waals surface area contributed by atoms with Gasteiger partial charge in [-0.15, -0.1) is 11.3 Å². The number of nitrogens with one attached hydrogen (secondary N) is 1. The summed E-state index contributed by atoms with van der Waals surface area (Å²) < 4.78 is 0. The van der Waals surface area contributed by atoms with E-state index < -0.39 is 0 Å². The highest BCUT2D eigenvalue weighted by Crippen LogP contribution is 2.24. The van der Waals surface area contributed by atoms with Crippen LogP contribution in [0.15, 0.2) is 23.7 Å². The molecule has 24 heavy (non-hydrogen) atoms. The average molecular weight is 343 g/mol. The van der Waals surface area contributed by atoms with E-state index in [9.17, 15) is 4.79 Å². The van der Waals surface area contributed by atoms with E-state index in [1.807, 2.05) is 25.4 Å². The first kappa shape index (κ1) is 17.0. The van der Waals surface area contributed by atoms with Crippen LogP contribution in [0.1, 0.15) is 39.9 Å². The molecule has 5 heteroatoms. The topological polar surface area (TPSA) is 45.2 Å². The molecule has 1 aromatic heterocycles. The SMILES string of the molecule is Cc1cc(C)c(C(=O)NCC2CCCN(c3nccs3)C2)c(C)c1. The fraction of sp³-hybridized carbons (Fsp3) is 0.474. The number of aromatic nitrogens is 1. The molecule has 0 saturated carbocycles. The van der Waals surface area contributed by atoms with Crippen molar-refractivity contribution in [2.45, 2.75) is 33.6 Å². The molecule has 1 aliphatic heterocycles. The van der Waals surface area contributed by atoms with Crippen LogP contribution in [0, 0.1) is 26.7 Å². The molecule has 1 unspecified atom stereocenters. The van der Waals surface area contributed by atoms with Crippen LogP contribution in [0.4, 0.5) is 5.13 Å². The van der Waals surface area contributed by atoms with Crippen LogP contribution in [0.3, 0.4) is 0 Å². The molecule has 1 atom stereocenters. The van der Waals surface area contributed by atoms with Crippen LogP contribution in [0.5, 0.6) is 0 Å². The zero-order chi connectivity index (χ0) is 17.1. The number of amides is 1. The smallest absolute Gasteiger partial charge is 0.251 e. The third-order valence-corrected chi connectivity index (χ3v) is 5.50. The molecule has 0 spiro atoms. The molecule has 1 fully saturated rings. The van der Waals surface area contributed by atoms with Gasteiger partial charge in [-0.1, -0.05) is 17.7 Å². The maximum atomic E-state index is 12.6. The largest absolute Gasteiger partial charge is 0.352 e. The van der Waals surface area contributed by atoms with E-state index in [1.165, 1.54) is 5.56 Å². The Labute approximate surface area is 147 Å². The summed E-state index contributed by atoms with van der Waals surface area (Å²) in [6.45, 7) is 8.86. The molecule has 2 aromatic rings. The van der Waals surface area contributed by atoms with Gasteiger partial charge >= 0.3 is 0 Å². The molecule has 3 rings (SSSR count). The van der Waals surface area contributed by atoms with Crippen molar-refractivity contribution in [1.82, 2.24) is 10.3 Å². The Morgan fingerprint density at radius 2 is 2.08 bits per heavy atom. The summed E-state index contributed by atoms with van der Waals surface area (Å²) >= 11 is 1.69. The molecule has 1 saturated heterocycles. The summed E-state index contributed by atoms with van der Waals surface area (Å²) in [5.41, 5.74) is 4.14. The molecule has 1 amide bonds. The van der Waals surface area contributed by atoms with E-state index in [4.69, 9.17) is 0 Å². The molecular weight excluding hydrogens is 318 g/mol. The first-order valence-corrected chi connectivity index (χ1v) is 9.43. The van der Waals surface area contributed by atoms with Crippen LogP contribution < -0.4 is 10.2 Å². The van der Waals surface area contributed by atoms with Gasteiger partial charge in [0.05, 0.1) is 0 Å². The number of piperidine rings is 1. The summed E-state index contributed by atoms with van der Waals surface area (Å²) in [7, 11) is 0. The lowest BCUT2D eigenvalue weighted by Gasteiger charge is -2.32. The van der Waals surface area contributed by atoms with Gasteiger partial charge in [-0.2, -0.15) is 0 Å². The second-order valence-corrected chi connectivity index (χ2v) is 7.63. The number of benzene rings is 1. The van der Waals surface area contributed by atoms with Crippen molar-refractivity contribution in [1.29, 1.82) is 0 Å². The van der Waals surface area contributed by atoms with Crippen LogP contribution in [0.2, 0.25) is 0 Å². The number of aryl methyl sites for hydroxylation is 3. The minimum absolute atomic E-state index is 0.0522. The Morgan fingerprint density at radius 3 is 2.75 bits per heavy atom. The lowest BCUT2D eigenvalue weighted by molar-refractivity contribution is 0.0944. The van der Waals surface area contributed by atoms with Gasteiger partial charge in [-0.05, 0) is 50.7 Å². The Morgan fingerprint density at radius 1 is 1.33 bits per heavy atom. The number of carbonyl (C=O) groups excluding carboxylic acids is 1. The first-order chi connectivity index (χ1) is 11.5. The van der Waals surface area contributed by atoms with Gasteiger partial charge in [0.2, 0.25) is 0 Å². The van der Waals surface area contributed by atoms with Gasteiger partial charge in [0, 0.05) is 36.8 Å². The number of nitrogens with zero attached hydrogens (tertiary/aromatic N) is 2. The van der Waals surface area contributed by atoms with Gasteiger partial charge in [-0.25, -0.2) is 4.98 Å². The maximum Gasteiger partial charge on any atom is 0.251 e. The van der Waals surface area contributed by atoms with Crippen molar-refractivity contribution in [3.8, 4) is 0 Å².